The number of carbonyl (C=O) groups is 1. The Morgan fingerprint density at radius 1 is 1.11 bits per heavy atom. The number of ketones is 1. The van der Waals surface area contributed by atoms with E-state index in [1.807, 2.05) is 34.0 Å². The zero-order valence-electron chi connectivity index (χ0n) is 12.2. The molecule has 0 bridgehead atoms. The predicted molar refractivity (Wildman–Crippen MR) is 79.6 cm³/mol. The molecule has 2 rings (SSSR count). The van der Waals surface area contributed by atoms with Crippen LogP contribution in [0.15, 0.2) is 30.3 Å². The highest BCUT2D eigenvalue weighted by molar-refractivity contribution is 5.95. The molecule has 0 amide bonds. The number of rotatable bonds is 3. The fourth-order valence-corrected chi connectivity index (χ4v) is 2.42. The van der Waals surface area contributed by atoms with Crippen LogP contribution in [0.4, 0.5) is 5.69 Å². The topological polar surface area (TPSA) is 25.2 Å². The summed E-state index contributed by atoms with van der Waals surface area (Å²) >= 11 is 0. The first-order valence-electron chi connectivity index (χ1n) is 6.39. The van der Waals surface area contributed by atoms with E-state index in [-0.39, 0.29) is 5.78 Å². The zero-order chi connectivity index (χ0) is 14.2. The number of Topliss-reactive ketones (excluding diaryl/α,β-unsaturated/α-hetero) is 1. The van der Waals surface area contributed by atoms with Crippen LogP contribution in [0, 0.1) is 13.8 Å². The van der Waals surface area contributed by atoms with Gasteiger partial charge in [-0.3, -0.25) is 4.79 Å². The first-order chi connectivity index (χ1) is 8.91. The Labute approximate surface area is 114 Å². The van der Waals surface area contributed by atoms with Gasteiger partial charge in [-0.2, -0.15) is 0 Å². The smallest absolute Gasteiger partial charge is 0.161 e. The van der Waals surface area contributed by atoms with Crippen LogP contribution in [-0.2, 0) is 0 Å². The number of hydrogen-bond acceptors (Lipinski definition) is 2. The number of carbonyl (C=O) groups excluding carboxylic acids is 1. The second kappa shape index (κ2) is 4.92. The van der Waals surface area contributed by atoms with Crippen molar-refractivity contribution >= 4 is 11.5 Å². The van der Waals surface area contributed by atoms with Gasteiger partial charge in [-0.15, -0.1) is 0 Å². The molecule has 19 heavy (non-hydrogen) atoms. The summed E-state index contributed by atoms with van der Waals surface area (Å²) in [5.41, 5.74) is 5.14. The maximum Gasteiger partial charge on any atom is 0.161 e. The number of anilines is 1. The standard InChI is InChI=1S/C16H20N2O/c1-11-10-16(13(3)19)12(2)18(11)15-8-6-14(7-9-15)17(4)5/h6-10H,1-5H3. The van der Waals surface area contributed by atoms with Crippen LogP contribution in [0.1, 0.15) is 28.7 Å². The van der Waals surface area contributed by atoms with Crippen molar-refractivity contribution in [1.82, 2.24) is 4.57 Å². The first kappa shape index (κ1) is 13.4. The number of aryl methyl sites for hydroxylation is 1. The Morgan fingerprint density at radius 3 is 2.11 bits per heavy atom. The minimum Gasteiger partial charge on any atom is -0.378 e. The van der Waals surface area contributed by atoms with Crippen LogP contribution >= 0.6 is 0 Å². The van der Waals surface area contributed by atoms with Crippen LogP contribution in [0.5, 0.6) is 0 Å². The SMILES string of the molecule is CC(=O)c1cc(C)n(-c2ccc(N(C)C)cc2)c1C. The van der Waals surface area contributed by atoms with Gasteiger partial charge in [0.15, 0.2) is 5.78 Å². The molecule has 0 N–H and O–H groups in total. The van der Waals surface area contributed by atoms with E-state index in [2.05, 4.69) is 33.7 Å². The van der Waals surface area contributed by atoms with Crippen molar-refractivity contribution < 1.29 is 4.79 Å². The zero-order valence-corrected chi connectivity index (χ0v) is 12.2. The molecule has 3 nitrogen and oxygen atoms in total. The van der Waals surface area contributed by atoms with Crippen molar-refractivity contribution in [2.75, 3.05) is 19.0 Å². The lowest BCUT2D eigenvalue weighted by Gasteiger charge is -2.14. The number of benzene rings is 1. The molecule has 100 valence electrons. The van der Waals surface area contributed by atoms with Gasteiger partial charge in [-0.25, -0.2) is 0 Å². The summed E-state index contributed by atoms with van der Waals surface area (Å²) in [5, 5.41) is 0. The van der Waals surface area contributed by atoms with Crippen LogP contribution in [0.25, 0.3) is 5.69 Å². The van der Waals surface area contributed by atoms with Crippen LogP contribution in [0.3, 0.4) is 0 Å². The number of aromatic nitrogens is 1. The van der Waals surface area contributed by atoms with Gasteiger partial charge < -0.3 is 9.47 Å². The van der Waals surface area contributed by atoms with Gasteiger partial charge >= 0.3 is 0 Å². The average molecular weight is 256 g/mol. The summed E-state index contributed by atoms with van der Waals surface area (Å²) in [6.07, 6.45) is 0. The van der Waals surface area contributed by atoms with Gasteiger partial charge in [-0.05, 0) is 51.1 Å². The van der Waals surface area contributed by atoms with E-state index in [1.165, 1.54) is 0 Å². The monoisotopic (exact) mass is 256 g/mol. The molecule has 0 unspecified atom stereocenters. The summed E-state index contributed by atoms with van der Waals surface area (Å²) in [6.45, 7) is 5.63. The second-order valence-electron chi connectivity index (χ2n) is 5.09. The molecule has 0 aliphatic rings. The Bertz CT molecular complexity index is 606. The van der Waals surface area contributed by atoms with Crippen molar-refractivity contribution in [3.63, 3.8) is 0 Å². The minimum absolute atomic E-state index is 0.115. The Balaban J connectivity index is 2.50. The van der Waals surface area contributed by atoms with Gasteiger partial charge in [0.1, 0.15) is 0 Å². The van der Waals surface area contributed by atoms with E-state index in [4.69, 9.17) is 0 Å². The lowest BCUT2D eigenvalue weighted by molar-refractivity contribution is 0.101. The predicted octanol–water partition coefficient (Wildman–Crippen LogP) is 3.36. The molecule has 0 spiro atoms. The van der Waals surface area contributed by atoms with E-state index in [1.54, 1.807) is 6.92 Å². The van der Waals surface area contributed by atoms with Crippen molar-refractivity contribution in [3.8, 4) is 5.69 Å². The Hall–Kier alpha value is -2.03. The minimum atomic E-state index is 0.115. The summed E-state index contributed by atoms with van der Waals surface area (Å²) < 4.78 is 2.12. The van der Waals surface area contributed by atoms with Crippen LogP contribution < -0.4 is 4.90 Å². The fourth-order valence-electron chi connectivity index (χ4n) is 2.42. The highest BCUT2D eigenvalue weighted by Gasteiger charge is 2.13. The van der Waals surface area contributed by atoms with Gasteiger partial charge in [0.25, 0.3) is 0 Å². The van der Waals surface area contributed by atoms with Crippen molar-refractivity contribution in [2.45, 2.75) is 20.8 Å². The molecule has 0 aliphatic carbocycles. The largest absolute Gasteiger partial charge is 0.378 e. The molecule has 1 aromatic heterocycles. The van der Waals surface area contributed by atoms with Gasteiger partial charge in [-0.1, -0.05) is 0 Å². The quantitative estimate of drug-likeness (QED) is 0.787. The van der Waals surface area contributed by atoms with E-state index in [0.717, 1.165) is 28.3 Å². The molecule has 0 saturated heterocycles. The molecule has 0 radical (unpaired) electrons. The Kier molecular flexibility index (Phi) is 3.47. The highest BCUT2D eigenvalue weighted by Crippen LogP contribution is 2.23. The second-order valence-corrected chi connectivity index (χ2v) is 5.09. The van der Waals surface area contributed by atoms with Crippen LogP contribution in [-0.4, -0.2) is 24.4 Å². The number of nitrogens with zero attached hydrogens (tertiary/aromatic N) is 2. The molecule has 0 aliphatic heterocycles. The summed E-state index contributed by atoms with van der Waals surface area (Å²) in [4.78, 5) is 13.7. The third-order valence-electron chi connectivity index (χ3n) is 3.43. The Morgan fingerprint density at radius 2 is 1.68 bits per heavy atom. The van der Waals surface area contributed by atoms with Crippen molar-refractivity contribution in [1.29, 1.82) is 0 Å². The van der Waals surface area contributed by atoms with E-state index >= 15 is 0 Å². The number of hydrogen-bond donors (Lipinski definition) is 0. The van der Waals surface area contributed by atoms with Gasteiger partial charge in [0.2, 0.25) is 0 Å². The summed E-state index contributed by atoms with van der Waals surface area (Å²) in [7, 11) is 4.05. The molecule has 3 heteroatoms. The van der Waals surface area contributed by atoms with E-state index in [0.29, 0.717) is 0 Å². The first-order valence-corrected chi connectivity index (χ1v) is 6.39. The van der Waals surface area contributed by atoms with E-state index < -0.39 is 0 Å². The fraction of sp³-hybridized carbons (Fsp3) is 0.312. The molecule has 2 aromatic rings. The molecule has 0 saturated carbocycles. The molecule has 0 fully saturated rings. The summed E-state index contributed by atoms with van der Waals surface area (Å²) in [6, 6.07) is 10.3. The van der Waals surface area contributed by atoms with Crippen molar-refractivity contribution in [2.24, 2.45) is 0 Å². The lowest BCUT2D eigenvalue weighted by Crippen LogP contribution is -2.08. The molecule has 0 atom stereocenters. The third-order valence-corrected chi connectivity index (χ3v) is 3.43. The summed E-state index contributed by atoms with van der Waals surface area (Å²) in [5.74, 6) is 0.115. The maximum absolute atomic E-state index is 11.6. The maximum atomic E-state index is 11.6. The molecule has 1 heterocycles. The molecular weight excluding hydrogens is 236 g/mol. The van der Waals surface area contributed by atoms with Crippen LogP contribution in [0.2, 0.25) is 0 Å². The van der Waals surface area contributed by atoms with Gasteiger partial charge in [0, 0.05) is 42.4 Å². The van der Waals surface area contributed by atoms with E-state index in [9.17, 15) is 4.79 Å². The van der Waals surface area contributed by atoms with Gasteiger partial charge in [0.05, 0.1) is 0 Å². The normalized spacial score (nSPS) is 10.6. The third kappa shape index (κ3) is 2.41. The lowest BCUT2D eigenvalue weighted by atomic mass is 10.2. The molecule has 1 aromatic carbocycles. The van der Waals surface area contributed by atoms with Crippen molar-refractivity contribution in [3.05, 3.63) is 47.3 Å². The molecular formula is C16H20N2O. The average Bonchev–Trinajstić information content (AvgIpc) is 2.65. The highest BCUT2D eigenvalue weighted by atomic mass is 16.1.